The lowest BCUT2D eigenvalue weighted by molar-refractivity contribution is -0.138. The van der Waals surface area contributed by atoms with Crippen molar-refractivity contribution in [2.45, 2.75) is 64.6 Å². The van der Waals surface area contributed by atoms with Crippen LogP contribution in [0.2, 0.25) is 0 Å². The van der Waals surface area contributed by atoms with E-state index in [0.29, 0.717) is 42.3 Å². The van der Waals surface area contributed by atoms with Crippen molar-refractivity contribution in [1.29, 1.82) is 0 Å². The number of nitrogens with zero attached hydrogens (tertiary/aromatic N) is 2. The SMILES string of the molecule is Cc1nc(-c2ccc(C(F)(F)F)cc2)sc1C(O)CC(O)(CC(C)C)c1sc(-c2ccc(C(F)(F)F)cc2)nc1C. The minimum atomic E-state index is -4.46. The van der Waals surface area contributed by atoms with E-state index in [9.17, 15) is 36.6 Å². The summed E-state index contributed by atoms with van der Waals surface area (Å²) in [6.07, 6.45) is -9.88. The fourth-order valence-corrected chi connectivity index (χ4v) is 6.99. The second kappa shape index (κ2) is 11.5. The maximum absolute atomic E-state index is 13.0. The lowest BCUT2D eigenvalue weighted by Gasteiger charge is -2.31. The zero-order valence-corrected chi connectivity index (χ0v) is 24.2. The minimum Gasteiger partial charge on any atom is -0.387 e. The summed E-state index contributed by atoms with van der Waals surface area (Å²) in [7, 11) is 0. The number of rotatable bonds is 8. The van der Waals surface area contributed by atoms with E-state index in [-0.39, 0.29) is 18.8 Å². The molecular formula is C29H28F6N2O2S2. The lowest BCUT2D eigenvalue weighted by atomic mass is 9.85. The Morgan fingerprint density at radius 1 is 0.707 bits per heavy atom. The number of aliphatic hydroxyl groups excluding tert-OH is 1. The quantitative estimate of drug-likeness (QED) is 0.195. The monoisotopic (exact) mass is 614 g/mol. The third-order valence-corrected chi connectivity index (χ3v) is 9.26. The number of thiazole rings is 2. The van der Waals surface area contributed by atoms with Gasteiger partial charge in [0.2, 0.25) is 0 Å². The third-order valence-electron chi connectivity index (χ3n) is 6.55. The normalized spacial score (nSPS) is 14.9. The molecule has 4 nitrogen and oxygen atoms in total. The van der Waals surface area contributed by atoms with Crippen molar-refractivity contribution in [1.82, 2.24) is 9.97 Å². The standard InChI is InChI=1S/C29H28F6N2O2S2/c1-15(2)13-27(39,24-17(4)37-26(41-24)19-7-11-21(12-8-19)29(33,34)35)14-22(38)23-16(3)36-25(40-23)18-5-9-20(10-6-18)28(30,31)32/h5-12,15,22,38-39H,13-14H2,1-4H3. The number of hydrogen-bond acceptors (Lipinski definition) is 6. The highest BCUT2D eigenvalue weighted by atomic mass is 32.1. The van der Waals surface area contributed by atoms with E-state index in [0.717, 1.165) is 46.9 Å². The van der Waals surface area contributed by atoms with E-state index in [1.54, 1.807) is 13.8 Å². The van der Waals surface area contributed by atoms with Gasteiger partial charge in [0.1, 0.15) is 15.6 Å². The van der Waals surface area contributed by atoms with Crippen molar-refractivity contribution in [3.05, 3.63) is 80.8 Å². The van der Waals surface area contributed by atoms with Crippen LogP contribution in [0.4, 0.5) is 26.3 Å². The summed E-state index contributed by atoms with van der Waals surface area (Å²) in [5, 5.41) is 24.1. The molecule has 0 amide bonds. The molecule has 4 aromatic rings. The number of aryl methyl sites for hydroxylation is 2. The van der Waals surface area contributed by atoms with Crippen molar-refractivity contribution in [2.75, 3.05) is 0 Å². The van der Waals surface area contributed by atoms with Gasteiger partial charge in [-0.2, -0.15) is 26.3 Å². The molecule has 2 N–H and O–H groups in total. The van der Waals surface area contributed by atoms with Crippen molar-refractivity contribution in [3.8, 4) is 21.1 Å². The van der Waals surface area contributed by atoms with Gasteiger partial charge in [-0.25, -0.2) is 9.97 Å². The molecule has 0 radical (unpaired) electrons. The number of aliphatic hydroxyl groups is 2. The molecule has 4 rings (SSSR count). The summed E-state index contributed by atoms with van der Waals surface area (Å²) in [6.45, 7) is 7.23. The maximum Gasteiger partial charge on any atom is 0.416 e. The van der Waals surface area contributed by atoms with Gasteiger partial charge in [0.05, 0.1) is 38.4 Å². The summed E-state index contributed by atoms with van der Waals surface area (Å²) >= 11 is 2.30. The van der Waals surface area contributed by atoms with E-state index in [1.807, 2.05) is 13.8 Å². The van der Waals surface area contributed by atoms with Gasteiger partial charge >= 0.3 is 12.4 Å². The predicted molar refractivity (Wildman–Crippen MR) is 148 cm³/mol. The maximum atomic E-state index is 13.0. The second-order valence-corrected chi connectivity index (χ2v) is 12.4. The minimum absolute atomic E-state index is 0.0217. The second-order valence-electron chi connectivity index (χ2n) is 10.4. The van der Waals surface area contributed by atoms with E-state index in [2.05, 4.69) is 9.97 Å². The largest absolute Gasteiger partial charge is 0.416 e. The first-order chi connectivity index (χ1) is 19.0. The molecule has 2 aromatic carbocycles. The Bertz CT molecular complexity index is 1490. The van der Waals surface area contributed by atoms with Gasteiger partial charge in [0.15, 0.2) is 0 Å². The van der Waals surface area contributed by atoms with E-state index < -0.39 is 35.2 Å². The van der Waals surface area contributed by atoms with Gasteiger partial charge in [-0.05, 0) is 50.5 Å². The smallest absolute Gasteiger partial charge is 0.387 e. The molecule has 12 heteroatoms. The van der Waals surface area contributed by atoms with Crippen LogP contribution < -0.4 is 0 Å². The zero-order valence-electron chi connectivity index (χ0n) is 22.6. The predicted octanol–water partition coefficient (Wildman–Crippen LogP) is 8.95. The highest BCUT2D eigenvalue weighted by Gasteiger charge is 2.38. The Balaban J connectivity index is 1.62. The average Bonchev–Trinajstić information content (AvgIpc) is 3.46. The first kappa shape index (κ1) is 31.1. The van der Waals surface area contributed by atoms with E-state index >= 15 is 0 Å². The molecule has 0 spiro atoms. The van der Waals surface area contributed by atoms with Crippen LogP contribution in [0.15, 0.2) is 48.5 Å². The van der Waals surface area contributed by atoms with E-state index in [1.165, 1.54) is 24.3 Å². The zero-order chi connectivity index (χ0) is 30.3. The highest BCUT2D eigenvalue weighted by molar-refractivity contribution is 7.15. The molecule has 2 aromatic heterocycles. The Morgan fingerprint density at radius 2 is 1.15 bits per heavy atom. The first-order valence-corrected chi connectivity index (χ1v) is 14.3. The molecule has 0 aliphatic carbocycles. The molecule has 0 saturated heterocycles. The summed E-state index contributed by atoms with van der Waals surface area (Å²) in [6, 6.07) is 9.25. The third kappa shape index (κ3) is 6.99. The van der Waals surface area contributed by atoms with Crippen LogP contribution in [0.5, 0.6) is 0 Å². The average molecular weight is 615 g/mol. The van der Waals surface area contributed by atoms with Crippen molar-refractivity contribution < 1.29 is 36.6 Å². The number of aromatic nitrogens is 2. The molecule has 0 saturated carbocycles. The van der Waals surface area contributed by atoms with Gasteiger partial charge < -0.3 is 10.2 Å². The molecule has 0 aliphatic heterocycles. The van der Waals surface area contributed by atoms with Crippen LogP contribution in [0.25, 0.3) is 21.1 Å². The van der Waals surface area contributed by atoms with Crippen LogP contribution in [0.1, 0.15) is 65.1 Å². The lowest BCUT2D eigenvalue weighted by Crippen LogP contribution is -2.30. The van der Waals surface area contributed by atoms with Gasteiger partial charge in [0.25, 0.3) is 0 Å². The van der Waals surface area contributed by atoms with Gasteiger partial charge in [-0.1, -0.05) is 38.1 Å². The number of halogens is 6. The molecule has 0 aliphatic rings. The van der Waals surface area contributed by atoms with Gasteiger partial charge in [-0.3, -0.25) is 0 Å². The van der Waals surface area contributed by atoms with Crippen LogP contribution in [-0.2, 0) is 18.0 Å². The highest BCUT2D eigenvalue weighted by Crippen LogP contribution is 2.45. The summed E-state index contributed by atoms with van der Waals surface area (Å²) in [4.78, 5) is 9.95. The number of alkyl halides is 6. The molecular weight excluding hydrogens is 586 g/mol. The molecule has 2 atom stereocenters. The van der Waals surface area contributed by atoms with Crippen molar-refractivity contribution >= 4 is 22.7 Å². The van der Waals surface area contributed by atoms with Crippen molar-refractivity contribution in [2.24, 2.45) is 5.92 Å². The Kier molecular flexibility index (Phi) is 8.71. The van der Waals surface area contributed by atoms with Crippen molar-refractivity contribution in [3.63, 3.8) is 0 Å². The Labute approximate surface area is 241 Å². The number of hydrogen-bond donors (Lipinski definition) is 2. The molecule has 0 bridgehead atoms. The summed E-state index contributed by atoms with van der Waals surface area (Å²) in [5.74, 6) is 0.0217. The van der Waals surface area contributed by atoms with Gasteiger partial charge in [0, 0.05) is 17.5 Å². The van der Waals surface area contributed by atoms with Crippen LogP contribution >= 0.6 is 22.7 Å². The Morgan fingerprint density at radius 3 is 1.59 bits per heavy atom. The molecule has 0 fully saturated rings. The molecule has 220 valence electrons. The molecule has 2 heterocycles. The fraction of sp³-hybridized carbons (Fsp3) is 0.379. The first-order valence-electron chi connectivity index (χ1n) is 12.7. The summed E-state index contributed by atoms with van der Waals surface area (Å²) in [5.41, 5.74) is -1.10. The van der Waals surface area contributed by atoms with Gasteiger partial charge in [-0.15, -0.1) is 22.7 Å². The summed E-state index contributed by atoms with van der Waals surface area (Å²) < 4.78 is 77.9. The topological polar surface area (TPSA) is 66.2 Å². The van der Waals surface area contributed by atoms with E-state index in [4.69, 9.17) is 0 Å². The Hall–Kier alpha value is -2.80. The molecule has 2 unspecified atom stereocenters. The van der Waals surface area contributed by atoms with Crippen LogP contribution in [0.3, 0.4) is 0 Å². The van der Waals surface area contributed by atoms with Crippen LogP contribution in [-0.4, -0.2) is 20.2 Å². The fourth-order valence-electron chi connectivity index (χ4n) is 4.75. The number of benzene rings is 2. The van der Waals surface area contributed by atoms with Crippen LogP contribution in [0, 0.1) is 19.8 Å². The molecule has 41 heavy (non-hydrogen) atoms.